The molecule has 0 fully saturated rings. The maximum atomic E-state index is 10.3. The quantitative estimate of drug-likeness (QED) is 0.443. The van der Waals surface area contributed by atoms with Crippen molar-refractivity contribution in [2.75, 3.05) is 0 Å². The predicted octanol–water partition coefficient (Wildman–Crippen LogP) is 2.52. The van der Waals surface area contributed by atoms with Gasteiger partial charge in [0.05, 0.1) is 6.21 Å². The average molecular weight is 207 g/mol. The van der Waals surface area contributed by atoms with Crippen LogP contribution in [0.3, 0.4) is 0 Å². The van der Waals surface area contributed by atoms with Gasteiger partial charge in [-0.05, 0) is 12.0 Å². The molecule has 2 N–H and O–H groups in total. The van der Waals surface area contributed by atoms with E-state index in [-0.39, 0.29) is 0 Å². The third-order valence-electron chi connectivity index (χ3n) is 2.46. The van der Waals surface area contributed by atoms with Crippen molar-refractivity contribution in [3.8, 4) is 0 Å². The van der Waals surface area contributed by atoms with Crippen molar-refractivity contribution < 1.29 is 10.3 Å². The second kappa shape index (κ2) is 5.51. The maximum Gasteiger partial charge on any atom is 0.128 e. The lowest BCUT2D eigenvalue weighted by molar-refractivity contribution is 0.0999. The molecule has 0 aliphatic carbocycles. The number of rotatable bonds is 5. The van der Waals surface area contributed by atoms with Crippen LogP contribution in [0.25, 0.3) is 0 Å². The van der Waals surface area contributed by atoms with Gasteiger partial charge >= 0.3 is 0 Å². The summed E-state index contributed by atoms with van der Waals surface area (Å²) in [5, 5.41) is 21.8. The van der Waals surface area contributed by atoms with Gasteiger partial charge in [0.25, 0.3) is 0 Å². The highest BCUT2D eigenvalue weighted by Crippen LogP contribution is 2.25. The van der Waals surface area contributed by atoms with E-state index in [4.69, 9.17) is 5.21 Å². The summed E-state index contributed by atoms with van der Waals surface area (Å²) >= 11 is 0. The minimum Gasteiger partial charge on any atom is -0.411 e. The van der Waals surface area contributed by atoms with Crippen molar-refractivity contribution in [2.45, 2.75) is 31.8 Å². The standard InChI is InChI=1S/C12H17NO2/c1-2-3-9-12(14,10-13-15)11-7-5-4-6-8-11/h4-8,10,14-15H,2-3,9H2,1H3. The van der Waals surface area contributed by atoms with Crippen molar-refractivity contribution in [2.24, 2.45) is 5.16 Å². The van der Waals surface area contributed by atoms with Gasteiger partial charge in [-0.2, -0.15) is 0 Å². The molecule has 1 aromatic rings. The first-order chi connectivity index (χ1) is 7.23. The summed E-state index contributed by atoms with van der Waals surface area (Å²) < 4.78 is 0. The van der Waals surface area contributed by atoms with Crippen LogP contribution < -0.4 is 0 Å². The summed E-state index contributed by atoms with van der Waals surface area (Å²) in [5.41, 5.74) is -0.386. The SMILES string of the molecule is CCCCC(O)(C=NO)c1ccccc1. The Morgan fingerprint density at radius 2 is 2.00 bits per heavy atom. The van der Waals surface area contributed by atoms with Gasteiger partial charge < -0.3 is 10.3 Å². The highest BCUT2D eigenvalue weighted by atomic mass is 16.4. The Bertz CT molecular complexity index is 311. The molecule has 1 rings (SSSR count). The molecule has 0 bridgehead atoms. The van der Waals surface area contributed by atoms with Crippen molar-refractivity contribution in [3.05, 3.63) is 35.9 Å². The first-order valence-electron chi connectivity index (χ1n) is 5.19. The van der Waals surface area contributed by atoms with Crippen molar-refractivity contribution in [1.29, 1.82) is 0 Å². The zero-order valence-electron chi connectivity index (χ0n) is 8.93. The summed E-state index contributed by atoms with van der Waals surface area (Å²) in [6, 6.07) is 9.27. The number of nitrogens with zero attached hydrogens (tertiary/aromatic N) is 1. The minimum absolute atomic E-state index is 0.567. The predicted molar refractivity (Wildman–Crippen MR) is 60.1 cm³/mol. The normalized spacial score (nSPS) is 15.3. The number of hydrogen-bond donors (Lipinski definition) is 2. The Kier molecular flexibility index (Phi) is 4.31. The monoisotopic (exact) mass is 207 g/mol. The molecule has 0 radical (unpaired) electrons. The summed E-state index contributed by atoms with van der Waals surface area (Å²) in [7, 11) is 0. The van der Waals surface area contributed by atoms with Crippen LogP contribution in [0.2, 0.25) is 0 Å². The van der Waals surface area contributed by atoms with E-state index >= 15 is 0 Å². The van der Waals surface area contributed by atoms with Crippen molar-refractivity contribution in [1.82, 2.24) is 0 Å². The molecule has 3 nitrogen and oxygen atoms in total. The Morgan fingerprint density at radius 3 is 2.53 bits per heavy atom. The van der Waals surface area contributed by atoms with Crippen LogP contribution in [0, 0.1) is 0 Å². The van der Waals surface area contributed by atoms with Gasteiger partial charge in [0.2, 0.25) is 0 Å². The fourth-order valence-corrected chi connectivity index (χ4v) is 1.55. The zero-order valence-corrected chi connectivity index (χ0v) is 8.93. The summed E-state index contributed by atoms with van der Waals surface area (Å²) in [6.45, 7) is 2.06. The van der Waals surface area contributed by atoms with E-state index in [0.717, 1.165) is 18.4 Å². The molecule has 0 amide bonds. The van der Waals surface area contributed by atoms with Crippen LogP contribution in [0.15, 0.2) is 35.5 Å². The van der Waals surface area contributed by atoms with Gasteiger partial charge in [0.15, 0.2) is 0 Å². The fourth-order valence-electron chi connectivity index (χ4n) is 1.55. The molecule has 3 heteroatoms. The topological polar surface area (TPSA) is 52.8 Å². The molecule has 1 unspecified atom stereocenters. The van der Waals surface area contributed by atoms with Crippen LogP contribution >= 0.6 is 0 Å². The van der Waals surface area contributed by atoms with Gasteiger partial charge in [0, 0.05) is 0 Å². The Labute approximate surface area is 90.1 Å². The van der Waals surface area contributed by atoms with Crippen molar-refractivity contribution >= 4 is 6.21 Å². The number of oxime groups is 1. The molecule has 0 aliphatic heterocycles. The lowest BCUT2D eigenvalue weighted by atomic mass is 9.90. The molecule has 0 saturated heterocycles. The van der Waals surface area contributed by atoms with E-state index in [1.54, 1.807) is 0 Å². The molecule has 0 heterocycles. The van der Waals surface area contributed by atoms with Gasteiger partial charge in [-0.15, -0.1) is 0 Å². The minimum atomic E-state index is -1.15. The van der Waals surface area contributed by atoms with Gasteiger partial charge in [-0.1, -0.05) is 55.3 Å². The zero-order chi connectivity index (χ0) is 11.1. The molecule has 1 aromatic carbocycles. The van der Waals surface area contributed by atoms with Crippen molar-refractivity contribution in [3.63, 3.8) is 0 Å². The molecule has 0 saturated carbocycles. The first-order valence-corrected chi connectivity index (χ1v) is 5.19. The number of benzene rings is 1. The van der Waals surface area contributed by atoms with Crippen LogP contribution in [-0.4, -0.2) is 16.5 Å². The second-order valence-corrected chi connectivity index (χ2v) is 3.64. The average Bonchev–Trinajstić information content (AvgIpc) is 2.28. The van der Waals surface area contributed by atoms with Crippen LogP contribution in [0.5, 0.6) is 0 Å². The Hall–Kier alpha value is -1.35. The Balaban J connectivity index is 2.90. The highest BCUT2D eigenvalue weighted by molar-refractivity contribution is 5.70. The van der Waals surface area contributed by atoms with E-state index in [2.05, 4.69) is 12.1 Å². The molecule has 1 atom stereocenters. The van der Waals surface area contributed by atoms with E-state index in [0.29, 0.717) is 6.42 Å². The molecular weight excluding hydrogens is 190 g/mol. The van der Waals surface area contributed by atoms with E-state index < -0.39 is 5.60 Å². The largest absolute Gasteiger partial charge is 0.411 e. The van der Waals surface area contributed by atoms with E-state index in [1.165, 1.54) is 6.21 Å². The maximum absolute atomic E-state index is 10.3. The highest BCUT2D eigenvalue weighted by Gasteiger charge is 2.26. The second-order valence-electron chi connectivity index (χ2n) is 3.64. The van der Waals surface area contributed by atoms with E-state index in [9.17, 15) is 5.11 Å². The molecule has 0 spiro atoms. The summed E-state index contributed by atoms with van der Waals surface area (Å²) in [6.07, 6.45) is 3.64. The van der Waals surface area contributed by atoms with E-state index in [1.807, 2.05) is 30.3 Å². The lowest BCUT2D eigenvalue weighted by Gasteiger charge is -2.23. The number of aliphatic hydroxyl groups is 1. The van der Waals surface area contributed by atoms with Gasteiger partial charge in [-0.3, -0.25) is 0 Å². The van der Waals surface area contributed by atoms with Crippen LogP contribution in [-0.2, 0) is 5.60 Å². The Morgan fingerprint density at radius 1 is 1.33 bits per heavy atom. The van der Waals surface area contributed by atoms with Crippen LogP contribution in [0.1, 0.15) is 31.7 Å². The molecule has 0 aromatic heterocycles. The third kappa shape index (κ3) is 3.06. The van der Waals surface area contributed by atoms with Gasteiger partial charge in [-0.25, -0.2) is 0 Å². The number of hydrogen-bond acceptors (Lipinski definition) is 3. The third-order valence-corrected chi connectivity index (χ3v) is 2.46. The molecule has 82 valence electrons. The number of unbranched alkanes of at least 4 members (excludes halogenated alkanes) is 1. The van der Waals surface area contributed by atoms with Gasteiger partial charge in [0.1, 0.15) is 5.60 Å². The summed E-state index contributed by atoms with van der Waals surface area (Å²) in [4.78, 5) is 0. The molecule has 15 heavy (non-hydrogen) atoms. The first kappa shape index (κ1) is 11.7. The van der Waals surface area contributed by atoms with Crippen LogP contribution in [0.4, 0.5) is 0 Å². The lowest BCUT2D eigenvalue weighted by Crippen LogP contribution is -2.27. The summed E-state index contributed by atoms with van der Waals surface area (Å²) in [5.74, 6) is 0. The smallest absolute Gasteiger partial charge is 0.128 e. The fraction of sp³-hybridized carbons (Fsp3) is 0.417. The molecular formula is C12H17NO2. The molecule has 0 aliphatic rings.